The summed E-state index contributed by atoms with van der Waals surface area (Å²) >= 11 is 0. The first-order chi connectivity index (χ1) is 7.90. The van der Waals surface area contributed by atoms with Crippen LogP contribution in [0.25, 0.3) is 0 Å². The fraction of sp³-hybridized carbons (Fsp3) is 1.00. The van der Waals surface area contributed by atoms with Crippen LogP contribution in [-0.4, -0.2) is 11.2 Å². The van der Waals surface area contributed by atoms with Crippen LogP contribution in [0.5, 0.6) is 0 Å². The van der Waals surface area contributed by atoms with E-state index in [2.05, 4.69) is 34.6 Å². The van der Waals surface area contributed by atoms with E-state index in [1.54, 1.807) is 0 Å². The van der Waals surface area contributed by atoms with E-state index >= 15 is 0 Å². The van der Waals surface area contributed by atoms with Crippen LogP contribution < -0.4 is 0 Å². The molecule has 4 atom stereocenters. The molecule has 1 rings (SSSR count). The molecular weight excluding hydrogens is 208 g/mol. The second-order valence-electron chi connectivity index (χ2n) is 7.11. The molecule has 4 unspecified atom stereocenters. The number of aliphatic hydroxyl groups excluding tert-OH is 1. The van der Waals surface area contributed by atoms with Gasteiger partial charge in [0.1, 0.15) is 0 Å². The molecule has 0 aromatic heterocycles. The van der Waals surface area contributed by atoms with Gasteiger partial charge in [0.15, 0.2) is 0 Å². The Morgan fingerprint density at radius 1 is 1.06 bits per heavy atom. The molecule has 1 aliphatic carbocycles. The van der Waals surface area contributed by atoms with Crippen molar-refractivity contribution in [1.29, 1.82) is 0 Å². The predicted octanol–water partition coefficient (Wildman–Crippen LogP) is 4.49. The van der Waals surface area contributed by atoms with Gasteiger partial charge in [-0.15, -0.1) is 0 Å². The molecule has 1 nitrogen and oxygen atoms in total. The standard InChI is InChI=1S/C16H32O/c1-11(2)8-13(5)9-15-10-14(12(3)4)6-7-16(15)17/h11-17H,6-10H2,1-5H3. The van der Waals surface area contributed by atoms with E-state index in [1.165, 1.54) is 25.7 Å². The Bertz CT molecular complexity index is 210. The minimum atomic E-state index is -0.0281. The summed E-state index contributed by atoms with van der Waals surface area (Å²) < 4.78 is 0. The van der Waals surface area contributed by atoms with Crippen LogP contribution in [0.2, 0.25) is 0 Å². The maximum atomic E-state index is 10.2. The molecule has 0 heterocycles. The summed E-state index contributed by atoms with van der Waals surface area (Å²) in [6.07, 6.45) is 6.01. The van der Waals surface area contributed by atoms with E-state index in [1.807, 2.05) is 0 Å². The van der Waals surface area contributed by atoms with E-state index < -0.39 is 0 Å². The maximum Gasteiger partial charge on any atom is 0.0568 e. The molecule has 1 fully saturated rings. The summed E-state index contributed by atoms with van der Waals surface area (Å²) in [6, 6.07) is 0. The lowest BCUT2D eigenvalue weighted by Crippen LogP contribution is -2.32. The molecule has 1 aliphatic rings. The van der Waals surface area contributed by atoms with Gasteiger partial charge in [-0.05, 0) is 61.7 Å². The Kier molecular flexibility index (Phi) is 5.99. The zero-order valence-electron chi connectivity index (χ0n) is 12.4. The maximum absolute atomic E-state index is 10.2. The second-order valence-corrected chi connectivity index (χ2v) is 7.11. The summed E-state index contributed by atoms with van der Waals surface area (Å²) in [6.45, 7) is 11.6. The van der Waals surface area contributed by atoms with E-state index in [9.17, 15) is 5.11 Å². The summed E-state index contributed by atoms with van der Waals surface area (Å²) in [5, 5.41) is 10.2. The van der Waals surface area contributed by atoms with Gasteiger partial charge in [0.05, 0.1) is 6.10 Å². The SMILES string of the molecule is CC(C)CC(C)CC1CC(C(C)C)CCC1O. The minimum Gasteiger partial charge on any atom is -0.393 e. The molecule has 1 heteroatoms. The lowest BCUT2D eigenvalue weighted by atomic mass is 9.71. The monoisotopic (exact) mass is 240 g/mol. The Balaban J connectivity index is 2.44. The summed E-state index contributed by atoms with van der Waals surface area (Å²) in [5.41, 5.74) is 0. The van der Waals surface area contributed by atoms with Crippen LogP contribution in [0.1, 0.15) is 66.7 Å². The fourth-order valence-electron chi connectivity index (χ4n) is 3.56. The van der Waals surface area contributed by atoms with Gasteiger partial charge in [-0.2, -0.15) is 0 Å². The Morgan fingerprint density at radius 3 is 2.24 bits per heavy atom. The van der Waals surface area contributed by atoms with Crippen LogP contribution >= 0.6 is 0 Å². The smallest absolute Gasteiger partial charge is 0.0568 e. The highest BCUT2D eigenvalue weighted by molar-refractivity contribution is 4.82. The number of hydrogen-bond acceptors (Lipinski definition) is 1. The van der Waals surface area contributed by atoms with E-state index in [0.29, 0.717) is 5.92 Å². The molecule has 1 saturated carbocycles. The molecule has 0 aromatic rings. The number of aliphatic hydroxyl groups is 1. The molecule has 0 radical (unpaired) electrons. The van der Waals surface area contributed by atoms with Crippen molar-refractivity contribution in [2.45, 2.75) is 72.8 Å². The van der Waals surface area contributed by atoms with E-state index in [4.69, 9.17) is 0 Å². The van der Waals surface area contributed by atoms with Gasteiger partial charge in [0, 0.05) is 0 Å². The van der Waals surface area contributed by atoms with Crippen molar-refractivity contribution in [2.24, 2.45) is 29.6 Å². The van der Waals surface area contributed by atoms with Crippen LogP contribution in [-0.2, 0) is 0 Å². The zero-order valence-corrected chi connectivity index (χ0v) is 12.4. The molecule has 102 valence electrons. The molecule has 17 heavy (non-hydrogen) atoms. The van der Waals surface area contributed by atoms with E-state index in [0.717, 1.165) is 30.1 Å². The Morgan fingerprint density at radius 2 is 1.71 bits per heavy atom. The third-order valence-corrected chi connectivity index (χ3v) is 4.50. The normalized spacial score (nSPS) is 32.1. The first kappa shape index (κ1) is 15.0. The zero-order chi connectivity index (χ0) is 13.0. The Labute approximate surface area is 108 Å². The van der Waals surface area contributed by atoms with Crippen LogP contribution in [0, 0.1) is 29.6 Å². The van der Waals surface area contributed by atoms with Gasteiger partial charge in [-0.1, -0.05) is 34.6 Å². The quantitative estimate of drug-likeness (QED) is 0.750. The number of hydrogen-bond donors (Lipinski definition) is 1. The third kappa shape index (κ3) is 4.99. The lowest BCUT2D eigenvalue weighted by molar-refractivity contribution is 0.0253. The van der Waals surface area contributed by atoms with Gasteiger partial charge in [0.25, 0.3) is 0 Å². The summed E-state index contributed by atoms with van der Waals surface area (Å²) in [5.74, 6) is 3.73. The molecule has 0 spiro atoms. The Hall–Kier alpha value is -0.0400. The van der Waals surface area contributed by atoms with Crippen LogP contribution in [0.4, 0.5) is 0 Å². The molecule has 0 saturated heterocycles. The van der Waals surface area contributed by atoms with Crippen molar-refractivity contribution >= 4 is 0 Å². The van der Waals surface area contributed by atoms with E-state index in [-0.39, 0.29) is 6.10 Å². The molecular formula is C16H32O. The minimum absolute atomic E-state index is 0.0281. The van der Waals surface area contributed by atoms with Crippen LogP contribution in [0.15, 0.2) is 0 Å². The van der Waals surface area contributed by atoms with Crippen molar-refractivity contribution < 1.29 is 5.11 Å². The highest BCUT2D eigenvalue weighted by Gasteiger charge is 2.31. The average Bonchev–Trinajstić information content (AvgIpc) is 2.19. The van der Waals surface area contributed by atoms with Crippen LogP contribution in [0.3, 0.4) is 0 Å². The van der Waals surface area contributed by atoms with Gasteiger partial charge < -0.3 is 5.11 Å². The van der Waals surface area contributed by atoms with Gasteiger partial charge in [-0.25, -0.2) is 0 Å². The fourth-order valence-corrected chi connectivity index (χ4v) is 3.56. The highest BCUT2D eigenvalue weighted by atomic mass is 16.3. The molecule has 0 aliphatic heterocycles. The summed E-state index contributed by atoms with van der Waals surface area (Å²) in [4.78, 5) is 0. The van der Waals surface area contributed by atoms with Gasteiger partial charge >= 0.3 is 0 Å². The van der Waals surface area contributed by atoms with Crippen molar-refractivity contribution in [3.8, 4) is 0 Å². The summed E-state index contributed by atoms with van der Waals surface area (Å²) in [7, 11) is 0. The number of rotatable bonds is 5. The largest absolute Gasteiger partial charge is 0.393 e. The lowest BCUT2D eigenvalue weighted by Gasteiger charge is -2.36. The molecule has 0 bridgehead atoms. The van der Waals surface area contributed by atoms with Gasteiger partial charge in [0.2, 0.25) is 0 Å². The molecule has 0 amide bonds. The first-order valence-corrected chi connectivity index (χ1v) is 7.58. The topological polar surface area (TPSA) is 20.2 Å². The second kappa shape index (κ2) is 6.78. The highest BCUT2D eigenvalue weighted by Crippen LogP contribution is 2.37. The van der Waals surface area contributed by atoms with Crippen molar-refractivity contribution in [2.75, 3.05) is 0 Å². The average molecular weight is 240 g/mol. The van der Waals surface area contributed by atoms with Crippen molar-refractivity contribution in [3.63, 3.8) is 0 Å². The first-order valence-electron chi connectivity index (χ1n) is 7.58. The molecule has 0 aromatic carbocycles. The third-order valence-electron chi connectivity index (χ3n) is 4.50. The van der Waals surface area contributed by atoms with Crippen molar-refractivity contribution in [3.05, 3.63) is 0 Å². The predicted molar refractivity (Wildman–Crippen MR) is 74.9 cm³/mol. The molecule has 1 N–H and O–H groups in total. The van der Waals surface area contributed by atoms with Gasteiger partial charge in [-0.3, -0.25) is 0 Å². The van der Waals surface area contributed by atoms with Crippen molar-refractivity contribution in [1.82, 2.24) is 0 Å².